The summed E-state index contributed by atoms with van der Waals surface area (Å²) in [7, 11) is 0. The molecule has 1 aromatic rings. The van der Waals surface area contributed by atoms with E-state index >= 15 is 0 Å². The van der Waals surface area contributed by atoms with Crippen molar-refractivity contribution < 1.29 is 0 Å². The Balaban J connectivity index is 2.86. The van der Waals surface area contributed by atoms with Crippen LogP contribution in [-0.2, 0) is 0 Å². The second-order valence-corrected chi connectivity index (χ2v) is 3.13. The molecule has 0 saturated carbocycles. The zero-order chi connectivity index (χ0) is 8.27. The van der Waals surface area contributed by atoms with Crippen LogP contribution in [0.25, 0.3) is 0 Å². The van der Waals surface area contributed by atoms with Gasteiger partial charge < -0.3 is 0 Å². The highest BCUT2D eigenvalue weighted by Gasteiger charge is 2.05. The first-order chi connectivity index (χ1) is 5.24. The quantitative estimate of drug-likeness (QED) is 0.760. The van der Waals surface area contributed by atoms with Crippen molar-refractivity contribution in [2.24, 2.45) is 0 Å². The van der Waals surface area contributed by atoms with E-state index in [4.69, 9.17) is 0 Å². The van der Waals surface area contributed by atoms with Gasteiger partial charge in [-0.05, 0) is 22.4 Å². The van der Waals surface area contributed by atoms with Crippen LogP contribution in [0.2, 0.25) is 0 Å². The molecule has 60 valence electrons. The number of hydrogen-bond acceptors (Lipinski definition) is 3. The van der Waals surface area contributed by atoms with Crippen LogP contribution < -0.4 is 0 Å². The molecule has 0 radical (unpaired) electrons. The lowest BCUT2D eigenvalue weighted by molar-refractivity contribution is 0.667. The molecule has 0 saturated heterocycles. The lowest BCUT2D eigenvalue weighted by Crippen LogP contribution is -2.00. The average molecular weight is 216 g/mol. The number of rotatable bonds is 2. The summed E-state index contributed by atoms with van der Waals surface area (Å²) in [5.41, 5.74) is 0. The van der Waals surface area contributed by atoms with Crippen LogP contribution in [0.1, 0.15) is 32.0 Å². The molecule has 0 aromatic carbocycles. The van der Waals surface area contributed by atoms with Gasteiger partial charge in [-0.1, -0.05) is 13.8 Å². The third-order valence-electron chi connectivity index (χ3n) is 1.61. The first-order valence-electron chi connectivity index (χ1n) is 3.58. The summed E-state index contributed by atoms with van der Waals surface area (Å²) in [6.07, 6.45) is 2.58. The minimum absolute atomic E-state index is 0.411. The van der Waals surface area contributed by atoms with E-state index in [1.807, 2.05) is 0 Å². The predicted octanol–water partition coefficient (Wildman–Crippen LogP) is 2.15. The second kappa shape index (κ2) is 3.76. The topological polar surface area (TPSA) is 38.7 Å². The smallest absolute Gasteiger partial charge is 0.199 e. The Morgan fingerprint density at radius 1 is 1.55 bits per heavy atom. The molecule has 11 heavy (non-hydrogen) atoms. The summed E-state index contributed by atoms with van der Waals surface area (Å²) in [6.45, 7) is 4.21. The summed E-state index contributed by atoms with van der Waals surface area (Å²) in [4.78, 5) is 12.0. The molecule has 0 spiro atoms. The molecule has 3 nitrogen and oxygen atoms in total. The van der Waals surface area contributed by atoms with Crippen molar-refractivity contribution in [3.63, 3.8) is 0 Å². The second-order valence-electron chi connectivity index (χ2n) is 2.42. The van der Waals surface area contributed by atoms with Crippen molar-refractivity contribution in [3.05, 3.63) is 16.9 Å². The monoisotopic (exact) mass is 215 g/mol. The lowest BCUT2D eigenvalue weighted by atomic mass is 10.1. The van der Waals surface area contributed by atoms with Crippen LogP contribution in [0.3, 0.4) is 0 Å². The molecule has 0 bridgehead atoms. The van der Waals surface area contributed by atoms with E-state index in [0.717, 1.165) is 12.2 Å². The fourth-order valence-corrected chi connectivity index (χ4v) is 0.981. The minimum atomic E-state index is 0.411. The van der Waals surface area contributed by atoms with Gasteiger partial charge in [-0.25, -0.2) is 15.0 Å². The van der Waals surface area contributed by atoms with Crippen LogP contribution in [0.4, 0.5) is 0 Å². The summed E-state index contributed by atoms with van der Waals surface area (Å²) in [5, 5.41) is 0. The van der Waals surface area contributed by atoms with Crippen LogP contribution >= 0.6 is 15.9 Å². The van der Waals surface area contributed by atoms with E-state index in [2.05, 4.69) is 44.7 Å². The molecule has 1 atom stereocenters. The van der Waals surface area contributed by atoms with Gasteiger partial charge in [-0.15, -0.1) is 0 Å². The molecule has 1 rings (SSSR count). The molecule has 0 amide bonds. The summed E-state index contributed by atoms with van der Waals surface area (Å²) in [5.74, 6) is 1.27. The third-order valence-corrected chi connectivity index (χ3v) is 2.00. The van der Waals surface area contributed by atoms with Gasteiger partial charge in [0.15, 0.2) is 4.73 Å². The average Bonchev–Trinajstić information content (AvgIpc) is 2.03. The molecule has 0 aliphatic carbocycles. The number of halogens is 1. The van der Waals surface area contributed by atoms with Gasteiger partial charge >= 0.3 is 0 Å². The maximum Gasteiger partial charge on any atom is 0.199 e. The molecule has 1 unspecified atom stereocenters. The first kappa shape index (κ1) is 8.59. The Morgan fingerprint density at radius 2 is 2.27 bits per heavy atom. The van der Waals surface area contributed by atoms with E-state index in [1.165, 1.54) is 6.33 Å². The molecule has 1 aromatic heterocycles. The fourth-order valence-electron chi connectivity index (χ4n) is 0.708. The van der Waals surface area contributed by atoms with Crippen LogP contribution in [-0.4, -0.2) is 15.0 Å². The molecule has 0 aliphatic rings. The predicted molar refractivity (Wildman–Crippen MR) is 46.2 cm³/mol. The molecular formula is C7H10BrN3. The van der Waals surface area contributed by atoms with Crippen molar-refractivity contribution in [2.45, 2.75) is 26.2 Å². The number of nitrogens with zero attached hydrogens (tertiary/aromatic N) is 3. The Hall–Kier alpha value is -0.510. The van der Waals surface area contributed by atoms with Gasteiger partial charge in [-0.2, -0.15) is 0 Å². The molecule has 1 heterocycles. The Morgan fingerprint density at radius 3 is 2.82 bits per heavy atom. The normalized spacial score (nSPS) is 13.0. The summed E-state index contributed by atoms with van der Waals surface area (Å²) >= 11 is 3.20. The van der Waals surface area contributed by atoms with E-state index in [9.17, 15) is 0 Å². The minimum Gasteiger partial charge on any atom is -0.221 e. The number of aromatic nitrogens is 3. The van der Waals surface area contributed by atoms with Crippen molar-refractivity contribution in [1.82, 2.24) is 15.0 Å². The Bertz CT molecular complexity index is 239. The molecule has 4 heteroatoms. The maximum atomic E-state index is 4.14. The fraction of sp³-hybridized carbons (Fsp3) is 0.571. The van der Waals surface area contributed by atoms with Gasteiger partial charge in [0.05, 0.1) is 0 Å². The third kappa shape index (κ3) is 2.22. The van der Waals surface area contributed by atoms with Crippen molar-refractivity contribution in [3.8, 4) is 0 Å². The van der Waals surface area contributed by atoms with Gasteiger partial charge in [0.1, 0.15) is 12.2 Å². The summed E-state index contributed by atoms with van der Waals surface area (Å²) < 4.78 is 0.614. The van der Waals surface area contributed by atoms with E-state index in [1.54, 1.807) is 0 Å². The SMILES string of the molecule is CCC(C)c1ncnc(Br)n1. The highest BCUT2D eigenvalue weighted by molar-refractivity contribution is 9.10. The zero-order valence-corrected chi connectivity index (χ0v) is 8.17. The number of hydrogen-bond donors (Lipinski definition) is 0. The van der Waals surface area contributed by atoms with Gasteiger partial charge in [0, 0.05) is 5.92 Å². The van der Waals surface area contributed by atoms with Gasteiger partial charge in [-0.3, -0.25) is 0 Å². The van der Waals surface area contributed by atoms with Crippen LogP contribution in [0.15, 0.2) is 11.1 Å². The Labute approximate surface area is 74.4 Å². The highest BCUT2D eigenvalue weighted by atomic mass is 79.9. The molecule has 0 fully saturated rings. The van der Waals surface area contributed by atoms with Crippen molar-refractivity contribution in [1.29, 1.82) is 0 Å². The van der Waals surface area contributed by atoms with Crippen LogP contribution in [0, 0.1) is 0 Å². The molecule has 0 aliphatic heterocycles. The van der Waals surface area contributed by atoms with Gasteiger partial charge in [0.25, 0.3) is 0 Å². The largest absolute Gasteiger partial charge is 0.221 e. The standard InChI is InChI=1S/C7H10BrN3/c1-3-5(2)6-9-4-10-7(8)11-6/h4-5H,3H2,1-2H3. The summed E-state index contributed by atoms with van der Waals surface area (Å²) in [6, 6.07) is 0. The van der Waals surface area contributed by atoms with E-state index in [0.29, 0.717) is 10.7 Å². The highest BCUT2D eigenvalue weighted by Crippen LogP contribution is 2.13. The van der Waals surface area contributed by atoms with E-state index in [-0.39, 0.29) is 0 Å². The lowest BCUT2D eigenvalue weighted by Gasteiger charge is -2.04. The van der Waals surface area contributed by atoms with E-state index < -0.39 is 0 Å². The molecule has 0 N–H and O–H groups in total. The zero-order valence-electron chi connectivity index (χ0n) is 6.58. The first-order valence-corrected chi connectivity index (χ1v) is 4.37. The Kier molecular flexibility index (Phi) is 2.93. The maximum absolute atomic E-state index is 4.14. The van der Waals surface area contributed by atoms with Crippen LogP contribution in [0.5, 0.6) is 0 Å². The molecular weight excluding hydrogens is 206 g/mol. The van der Waals surface area contributed by atoms with Gasteiger partial charge in [0.2, 0.25) is 0 Å². The van der Waals surface area contributed by atoms with Crippen molar-refractivity contribution >= 4 is 15.9 Å². The van der Waals surface area contributed by atoms with Crippen molar-refractivity contribution in [2.75, 3.05) is 0 Å².